The first-order valence-corrected chi connectivity index (χ1v) is 9.84. The molecule has 0 saturated carbocycles. The van der Waals surface area contributed by atoms with Gasteiger partial charge in [-0.2, -0.15) is 4.31 Å². The van der Waals surface area contributed by atoms with Crippen molar-refractivity contribution >= 4 is 10.0 Å². The van der Waals surface area contributed by atoms with E-state index in [2.05, 4.69) is 12.1 Å². The maximum absolute atomic E-state index is 12.8. The van der Waals surface area contributed by atoms with Crippen molar-refractivity contribution in [3.63, 3.8) is 0 Å². The highest BCUT2D eigenvalue weighted by Crippen LogP contribution is 2.21. The van der Waals surface area contributed by atoms with E-state index < -0.39 is 10.0 Å². The van der Waals surface area contributed by atoms with Crippen LogP contribution >= 0.6 is 0 Å². The molecule has 0 saturated heterocycles. The molecule has 2 aromatic rings. The largest absolute Gasteiger partial charge is 0.214 e. The van der Waals surface area contributed by atoms with Gasteiger partial charge in [0.1, 0.15) is 0 Å². The van der Waals surface area contributed by atoms with Gasteiger partial charge >= 0.3 is 0 Å². The van der Waals surface area contributed by atoms with E-state index in [0.29, 0.717) is 19.5 Å². The second-order valence-corrected chi connectivity index (χ2v) is 8.20. The summed E-state index contributed by atoms with van der Waals surface area (Å²) in [4.78, 5) is 0. The monoisotopic (exact) mass is 329 g/mol. The summed E-state index contributed by atoms with van der Waals surface area (Å²) in [6, 6.07) is 18.0. The molecule has 0 bridgehead atoms. The minimum atomic E-state index is -3.23. The van der Waals surface area contributed by atoms with Crippen molar-refractivity contribution in [2.45, 2.75) is 32.2 Å². The van der Waals surface area contributed by atoms with Crippen molar-refractivity contribution in [3.05, 3.63) is 71.3 Å². The lowest BCUT2D eigenvalue weighted by atomic mass is 10.0. The fraction of sp³-hybridized carbons (Fsp3) is 0.368. The van der Waals surface area contributed by atoms with Gasteiger partial charge in [0, 0.05) is 13.1 Å². The van der Waals surface area contributed by atoms with Gasteiger partial charge in [-0.15, -0.1) is 0 Å². The molecule has 0 radical (unpaired) electrons. The van der Waals surface area contributed by atoms with Crippen molar-refractivity contribution < 1.29 is 8.42 Å². The summed E-state index contributed by atoms with van der Waals surface area (Å²) >= 11 is 0. The molecular formula is C19H23NO2S. The topological polar surface area (TPSA) is 37.4 Å². The van der Waals surface area contributed by atoms with Crippen LogP contribution in [0, 0.1) is 0 Å². The van der Waals surface area contributed by atoms with Crippen LogP contribution in [0.5, 0.6) is 0 Å². The molecule has 0 fully saturated rings. The third kappa shape index (κ3) is 4.21. The summed E-state index contributed by atoms with van der Waals surface area (Å²) in [7, 11) is -3.23. The molecule has 4 heteroatoms. The van der Waals surface area contributed by atoms with Crippen LogP contribution in [-0.4, -0.2) is 25.0 Å². The quantitative estimate of drug-likeness (QED) is 0.862. The minimum absolute atomic E-state index is 0.180. The van der Waals surface area contributed by atoms with Gasteiger partial charge in [-0.05, 0) is 42.4 Å². The Morgan fingerprint density at radius 3 is 2.35 bits per heavy atom. The van der Waals surface area contributed by atoms with Crippen LogP contribution in [0.1, 0.15) is 29.5 Å². The number of rotatable bonds is 4. The van der Waals surface area contributed by atoms with Gasteiger partial charge < -0.3 is 0 Å². The lowest BCUT2D eigenvalue weighted by Gasteiger charge is -2.25. The van der Waals surface area contributed by atoms with Crippen molar-refractivity contribution in [3.8, 4) is 0 Å². The first-order chi connectivity index (χ1) is 11.1. The second kappa shape index (κ2) is 7.28. The summed E-state index contributed by atoms with van der Waals surface area (Å²) in [6.45, 7) is 1.14. The third-order valence-corrected chi connectivity index (χ3v) is 6.27. The molecule has 1 aliphatic heterocycles. The van der Waals surface area contributed by atoms with E-state index in [-0.39, 0.29) is 5.75 Å². The molecule has 1 aliphatic rings. The molecule has 0 atom stereocenters. The number of nitrogens with zero attached hydrogens (tertiary/aromatic N) is 1. The first kappa shape index (κ1) is 16.2. The van der Waals surface area contributed by atoms with Gasteiger partial charge in [-0.3, -0.25) is 0 Å². The maximum atomic E-state index is 12.8. The third-order valence-electron chi connectivity index (χ3n) is 4.45. The molecule has 0 unspecified atom stereocenters. The summed E-state index contributed by atoms with van der Waals surface area (Å²) in [5, 5.41) is 0. The van der Waals surface area contributed by atoms with Gasteiger partial charge in [0.25, 0.3) is 0 Å². The molecule has 23 heavy (non-hydrogen) atoms. The number of hydrogen-bond donors (Lipinski definition) is 0. The van der Waals surface area contributed by atoms with Gasteiger partial charge in [-0.25, -0.2) is 8.42 Å². The van der Waals surface area contributed by atoms with Crippen LogP contribution in [0.4, 0.5) is 0 Å². The van der Waals surface area contributed by atoms with E-state index in [1.54, 1.807) is 4.31 Å². The molecule has 3 nitrogen and oxygen atoms in total. The van der Waals surface area contributed by atoms with E-state index in [9.17, 15) is 8.42 Å². The van der Waals surface area contributed by atoms with E-state index in [4.69, 9.17) is 0 Å². The van der Waals surface area contributed by atoms with Gasteiger partial charge in [0.2, 0.25) is 10.0 Å². The van der Waals surface area contributed by atoms with Crippen LogP contribution in [-0.2, 0) is 29.4 Å². The van der Waals surface area contributed by atoms with Crippen LogP contribution in [0.25, 0.3) is 0 Å². The van der Waals surface area contributed by atoms with Crippen LogP contribution < -0.4 is 0 Å². The van der Waals surface area contributed by atoms with Crippen molar-refractivity contribution in [1.29, 1.82) is 0 Å². The Morgan fingerprint density at radius 1 is 0.870 bits per heavy atom. The highest BCUT2D eigenvalue weighted by Gasteiger charge is 2.24. The van der Waals surface area contributed by atoms with Gasteiger partial charge in [-0.1, -0.05) is 54.6 Å². The van der Waals surface area contributed by atoms with E-state index in [1.165, 1.54) is 5.56 Å². The molecule has 2 aromatic carbocycles. The van der Waals surface area contributed by atoms with Gasteiger partial charge in [0.05, 0.1) is 5.75 Å². The molecule has 0 amide bonds. The zero-order valence-electron chi connectivity index (χ0n) is 13.3. The molecule has 122 valence electrons. The predicted octanol–water partition coefficient (Wildman–Crippen LogP) is 3.40. The lowest BCUT2D eigenvalue weighted by Crippen LogP contribution is -2.35. The minimum Gasteiger partial charge on any atom is -0.212 e. The highest BCUT2D eigenvalue weighted by atomic mass is 32.2. The maximum Gasteiger partial charge on any atom is 0.214 e. The molecule has 0 aromatic heterocycles. The SMILES string of the molecule is O=S(=O)(CCc1ccccc1)N1CCCCc2ccccc2C1. The average molecular weight is 329 g/mol. The first-order valence-electron chi connectivity index (χ1n) is 8.24. The standard InChI is InChI=1S/C19H23NO2S/c21-23(22,15-13-17-8-2-1-3-9-17)20-14-7-6-11-18-10-4-5-12-19(18)16-20/h1-5,8-10,12H,6-7,11,13-16H2. The van der Waals surface area contributed by atoms with Gasteiger partial charge in [0.15, 0.2) is 0 Å². The zero-order valence-corrected chi connectivity index (χ0v) is 14.1. The number of benzene rings is 2. The Balaban J connectivity index is 1.74. The Hall–Kier alpha value is -1.65. The van der Waals surface area contributed by atoms with Crippen LogP contribution in [0.15, 0.2) is 54.6 Å². The smallest absolute Gasteiger partial charge is 0.212 e. The average Bonchev–Trinajstić information content (AvgIpc) is 2.54. The number of aryl methyl sites for hydroxylation is 2. The number of hydrogen-bond acceptors (Lipinski definition) is 2. The van der Waals surface area contributed by atoms with Crippen molar-refractivity contribution in [2.75, 3.05) is 12.3 Å². The fourth-order valence-corrected chi connectivity index (χ4v) is 4.58. The lowest BCUT2D eigenvalue weighted by molar-refractivity contribution is 0.386. The summed E-state index contributed by atoms with van der Waals surface area (Å²) < 4.78 is 27.2. The predicted molar refractivity (Wildman–Crippen MR) is 93.7 cm³/mol. The normalized spacial score (nSPS) is 16.3. The number of fused-ring (bicyclic) bond motifs is 1. The molecule has 1 heterocycles. The fourth-order valence-electron chi connectivity index (χ4n) is 3.09. The van der Waals surface area contributed by atoms with Crippen LogP contribution in [0.2, 0.25) is 0 Å². The Kier molecular flexibility index (Phi) is 5.13. The number of sulfonamides is 1. The van der Waals surface area contributed by atoms with E-state index >= 15 is 0 Å². The summed E-state index contributed by atoms with van der Waals surface area (Å²) in [5.41, 5.74) is 3.51. The molecule has 0 spiro atoms. The summed E-state index contributed by atoms with van der Waals surface area (Å²) in [6.07, 6.45) is 3.59. The second-order valence-electron chi connectivity index (χ2n) is 6.11. The van der Waals surface area contributed by atoms with Crippen molar-refractivity contribution in [1.82, 2.24) is 4.31 Å². The van der Waals surface area contributed by atoms with E-state index in [1.807, 2.05) is 42.5 Å². The van der Waals surface area contributed by atoms with Crippen molar-refractivity contribution in [2.24, 2.45) is 0 Å². The van der Waals surface area contributed by atoms with E-state index in [0.717, 1.165) is 30.4 Å². The molecular weight excluding hydrogens is 306 g/mol. The Labute approximate surface area is 139 Å². The molecule has 3 rings (SSSR count). The Morgan fingerprint density at radius 2 is 1.57 bits per heavy atom. The highest BCUT2D eigenvalue weighted by molar-refractivity contribution is 7.89. The molecule has 0 N–H and O–H groups in total. The summed E-state index contributed by atoms with van der Waals surface area (Å²) in [5.74, 6) is 0.180. The molecule has 0 aliphatic carbocycles. The Bertz CT molecular complexity index is 741. The zero-order chi connectivity index (χ0) is 16.1. The van der Waals surface area contributed by atoms with Crippen LogP contribution in [0.3, 0.4) is 0 Å².